The molecule has 1 rings (SSSR count). The van der Waals surface area contributed by atoms with E-state index in [4.69, 9.17) is 10.00 Å². The highest BCUT2D eigenvalue weighted by Gasteiger charge is 2.12. The van der Waals surface area contributed by atoms with E-state index in [1.54, 1.807) is 0 Å². The number of nitrogens with one attached hydrogen (secondary N) is 2. The second-order valence-corrected chi connectivity index (χ2v) is 4.83. The molecule has 0 aliphatic carbocycles. The minimum atomic E-state index is -0.315. The van der Waals surface area contributed by atoms with Gasteiger partial charge in [0.05, 0.1) is 6.07 Å². The van der Waals surface area contributed by atoms with Crippen LogP contribution in [0.25, 0.3) is 0 Å². The van der Waals surface area contributed by atoms with Crippen molar-refractivity contribution in [1.82, 2.24) is 10.6 Å². The van der Waals surface area contributed by atoms with Crippen molar-refractivity contribution in [2.24, 2.45) is 0 Å². The number of amides is 1. The molecule has 1 aromatic carbocycles. The first kappa shape index (κ1) is 15.5. The van der Waals surface area contributed by atoms with E-state index in [0.29, 0.717) is 5.75 Å². The van der Waals surface area contributed by atoms with Crippen molar-refractivity contribution in [3.05, 3.63) is 28.2 Å². The summed E-state index contributed by atoms with van der Waals surface area (Å²) in [5.74, 6) is 0.327. The predicted octanol–water partition coefficient (Wildman–Crippen LogP) is 1.75. The van der Waals surface area contributed by atoms with Gasteiger partial charge in [0.2, 0.25) is 0 Å². The van der Waals surface area contributed by atoms with Gasteiger partial charge in [-0.15, -0.1) is 0 Å². The van der Waals surface area contributed by atoms with Crippen LogP contribution in [0.4, 0.5) is 0 Å². The molecule has 0 saturated carbocycles. The number of carbonyl (C=O) groups excluding carboxylic acids is 1. The Labute approximate surface area is 121 Å². The number of nitrogens with zero attached hydrogens (tertiary/aromatic N) is 1. The molecule has 0 radical (unpaired) electrons. The second kappa shape index (κ2) is 7.77. The van der Waals surface area contributed by atoms with Crippen LogP contribution >= 0.6 is 15.9 Å². The fourth-order valence-electron chi connectivity index (χ4n) is 1.48. The van der Waals surface area contributed by atoms with Crippen LogP contribution in [0.5, 0.6) is 5.75 Å². The van der Waals surface area contributed by atoms with Gasteiger partial charge in [0, 0.05) is 16.1 Å². The number of hydrogen-bond donors (Lipinski definition) is 2. The number of rotatable bonds is 6. The first-order chi connectivity index (χ1) is 9.08. The Bertz CT molecular complexity index is 485. The van der Waals surface area contributed by atoms with Crippen molar-refractivity contribution in [1.29, 1.82) is 5.26 Å². The molecule has 2 N–H and O–H groups in total. The molecular weight excluding hydrogens is 310 g/mol. The van der Waals surface area contributed by atoms with E-state index in [1.807, 2.05) is 38.2 Å². The van der Waals surface area contributed by atoms with Gasteiger partial charge in [0.15, 0.2) is 6.61 Å². The van der Waals surface area contributed by atoms with Crippen molar-refractivity contribution in [2.75, 3.05) is 20.2 Å². The smallest absolute Gasteiger partial charge is 0.258 e. The summed E-state index contributed by atoms with van der Waals surface area (Å²) in [5, 5.41) is 13.9. The Morgan fingerprint density at radius 2 is 2.32 bits per heavy atom. The van der Waals surface area contributed by atoms with Crippen LogP contribution < -0.4 is 15.4 Å². The molecule has 0 aliphatic heterocycles. The number of benzene rings is 1. The van der Waals surface area contributed by atoms with Crippen LogP contribution in [0.2, 0.25) is 0 Å². The second-order valence-electron chi connectivity index (χ2n) is 3.92. The number of carbonyl (C=O) groups is 1. The number of hydrogen-bond acceptors (Lipinski definition) is 4. The van der Waals surface area contributed by atoms with Crippen LogP contribution in [0.15, 0.2) is 22.7 Å². The number of nitriles is 1. The number of halogens is 1. The Hall–Kier alpha value is -1.58. The molecule has 1 amide bonds. The summed E-state index contributed by atoms with van der Waals surface area (Å²) >= 11 is 3.37. The molecule has 1 atom stereocenters. The molecule has 0 aromatic heterocycles. The first-order valence-corrected chi connectivity index (χ1v) is 6.61. The molecule has 5 nitrogen and oxygen atoms in total. The molecule has 0 bridgehead atoms. The largest absolute Gasteiger partial charge is 0.483 e. The maximum absolute atomic E-state index is 11.4. The van der Waals surface area contributed by atoms with E-state index in [1.165, 1.54) is 0 Å². The van der Waals surface area contributed by atoms with Gasteiger partial charge in [-0.3, -0.25) is 4.79 Å². The van der Waals surface area contributed by atoms with Gasteiger partial charge >= 0.3 is 0 Å². The average molecular weight is 326 g/mol. The lowest BCUT2D eigenvalue weighted by Crippen LogP contribution is -2.29. The summed E-state index contributed by atoms with van der Waals surface area (Å²) < 4.78 is 6.39. The molecule has 0 spiro atoms. The first-order valence-electron chi connectivity index (χ1n) is 5.81. The van der Waals surface area contributed by atoms with Gasteiger partial charge in [-0.1, -0.05) is 22.0 Å². The Kier molecular flexibility index (Phi) is 6.33. The van der Waals surface area contributed by atoms with Gasteiger partial charge in [0.25, 0.3) is 5.91 Å². The lowest BCUT2D eigenvalue weighted by molar-refractivity contribution is -0.122. The maximum atomic E-state index is 11.4. The zero-order chi connectivity index (χ0) is 14.3. The van der Waals surface area contributed by atoms with Crippen molar-refractivity contribution in [3.63, 3.8) is 0 Å². The molecule has 1 unspecified atom stereocenters. The normalized spacial score (nSPS) is 11.5. The molecule has 0 heterocycles. The molecule has 19 heavy (non-hydrogen) atoms. The summed E-state index contributed by atoms with van der Waals surface area (Å²) in [7, 11) is 1.86. The van der Waals surface area contributed by atoms with Crippen molar-refractivity contribution >= 4 is 21.8 Å². The summed E-state index contributed by atoms with van der Waals surface area (Å²) in [4.78, 5) is 11.4. The average Bonchev–Trinajstić information content (AvgIpc) is 2.42. The van der Waals surface area contributed by atoms with Crippen LogP contribution in [0.1, 0.15) is 18.5 Å². The van der Waals surface area contributed by atoms with Crippen molar-refractivity contribution < 1.29 is 9.53 Å². The van der Waals surface area contributed by atoms with E-state index in [0.717, 1.165) is 10.0 Å². The van der Waals surface area contributed by atoms with E-state index in [2.05, 4.69) is 26.6 Å². The lowest BCUT2D eigenvalue weighted by atomic mass is 10.1. The van der Waals surface area contributed by atoms with Gasteiger partial charge in [-0.05, 0) is 26.1 Å². The Morgan fingerprint density at radius 1 is 1.58 bits per heavy atom. The Balaban J connectivity index is 2.74. The fourth-order valence-corrected chi connectivity index (χ4v) is 1.82. The zero-order valence-corrected chi connectivity index (χ0v) is 12.5. The summed E-state index contributed by atoms with van der Waals surface area (Å²) in [6.07, 6.45) is 0. The fraction of sp³-hybridized carbons (Fsp3) is 0.385. The molecule has 102 valence electrons. The summed E-state index contributed by atoms with van der Waals surface area (Å²) in [6, 6.07) is 7.64. The molecule has 0 aliphatic rings. The third kappa shape index (κ3) is 4.89. The van der Waals surface area contributed by atoms with Gasteiger partial charge in [-0.25, -0.2) is 0 Å². The van der Waals surface area contributed by atoms with Crippen LogP contribution in [0, 0.1) is 11.3 Å². The highest BCUT2D eigenvalue weighted by Crippen LogP contribution is 2.28. The maximum Gasteiger partial charge on any atom is 0.258 e. The van der Waals surface area contributed by atoms with Crippen LogP contribution in [0.3, 0.4) is 0 Å². The summed E-state index contributed by atoms with van der Waals surface area (Å²) in [5.41, 5.74) is 0.971. The highest BCUT2D eigenvalue weighted by molar-refractivity contribution is 9.10. The van der Waals surface area contributed by atoms with E-state index in [9.17, 15) is 4.79 Å². The van der Waals surface area contributed by atoms with Gasteiger partial charge in [-0.2, -0.15) is 5.26 Å². The minimum Gasteiger partial charge on any atom is -0.483 e. The topological polar surface area (TPSA) is 74.2 Å². The molecule has 0 saturated heterocycles. The zero-order valence-electron chi connectivity index (χ0n) is 10.9. The number of ether oxygens (including phenoxy) is 1. The van der Waals surface area contributed by atoms with E-state index in [-0.39, 0.29) is 25.1 Å². The third-order valence-electron chi connectivity index (χ3n) is 2.60. The molecule has 1 aromatic rings. The van der Waals surface area contributed by atoms with E-state index < -0.39 is 0 Å². The SMILES string of the molecule is CNC(C)c1ccc(Br)cc1OCC(=O)NCC#N. The predicted molar refractivity (Wildman–Crippen MR) is 75.7 cm³/mol. The van der Waals surface area contributed by atoms with Gasteiger partial charge in [0.1, 0.15) is 12.3 Å². The molecule has 0 fully saturated rings. The lowest BCUT2D eigenvalue weighted by Gasteiger charge is -2.16. The molecule has 6 heteroatoms. The monoisotopic (exact) mass is 325 g/mol. The molecular formula is C13H16BrN3O2. The Morgan fingerprint density at radius 3 is 2.95 bits per heavy atom. The van der Waals surface area contributed by atoms with Crippen molar-refractivity contribution in [3.8, 4) is 11.8 Å². The summed E-state index contributed by atoms with van der Waals surface area (Å²) in [6.45, 7) is 1.88. The minimum absolute atomic E-state index is 0.0134. The van der Waals surface area contributed by atoms with Gasteiger partial charge < -0.3 is 15.4 Å². The van der Waals surface area contributed by atoms with E-state index >= 15 is 0 Å². The third-order valence-corrected chi connectivity index (χ3v) is 3.09. The standard InChI is InChI=1S/C13H16BrN3O2/c1-9(16-2)11-4-3-10(14)7-12(11)19-8-13(18)17-6-5-15/h3-4,7,9,16H,6,8H2,1-2H3,(H,17,18). The van der Waals surface area contributed by atoms with Crippen LogP contribution in [-0.2, 0) is 4.79 Å². The van der Waals surface area contributed by atoms with Crippen LogP contribution in [-0.4, -0.2) is 26.1 Å². The van der Waals surface area contributed by atoms with Crippen molar-refractivity contribution in [2.45, 2.75) is 13.0 Å². The quantitative estimate of drug-likeness (QED) is 0.781. The highest BCUT2D eigenvalue weighted by atomic mass is 79.9.